The molecule has 24 heavy (non-hydrogen) atoms. The molecular formula is C18H26FN3O2. The van der Waals surface area contributed by atoms with E-state index < -0.39 is 0 Å². The number of hydrogen-bond donors (Lipinski definition) is 2. The Hall–Kier alpha value is -2.11. The van der Waals surface area contributed by atoms with Gasteiger partial charge in [-0.25, -0.2) is 9.18 Å². The second-order valence-electron chi connectivity index (χ2n) is 7.41. The van der Waals surface area contributed by atoms with E-state index in [0.717, 1.165) is 12.0 Å². The minimum atomic E-state index is -0.295. The largest absolute Gasteiger partial charge is 0.354 e. The maximum atomic E-state index is 13.2. The first-order valence-corrected chi connectivity index (χ1v) is 8.32. The fraction of sp³-hybridized carbons (Fsp3) is 0.556. The summed E-state index contributed by atoms with van der Waals surface area (Å²) in [7, 11) is 0. The Labute approximate surface area is 142 Å². The van der Waals surface area contributed by atoms with E-state index in [1.54, 1.807) is 17.0 Å². The van der Waals surface area contributed by atoms with Gasteiger partial charge in [0.05, 0.1) is 6.04 Å². The standard InChI is InChI=1S/C18H26FN3O2/c1-18(2,3)12-15(13-4-6-14(19)7-5-13)21-17(24)22-10-8-16(23)20-9-11-22/h4-7,15H,8-12H2,1-3H3,(H,20,23)(H,21,24)/t15-/m0/s1. The van der Waals surface area contributed by atoms with Crippen molar-refractivity contribution < 1.29 is 14.0 Å². The Morgan fingerprint density at radius 3 is 2.58 bits per heavy atom. The summed E-state index contributed by atoms with van der Waals surface area (Å²) in [5, 5.41) is 5.80. The molecule has 0 aliphatic carbocycles. The van der Waals surface area contributed by atoms with Crippen molar-refractivity contribution in [3.8, 4) is 0 Å². The van der Waals surface area contributed by atoms with E-state index in [0.29, 0.717) is 26.1 Å². The summed E-state index contributed by atoms with van der Waals surface area (Å²) >= 11 is 0. The van der Waals surface area contributed by atoms with Crippen molar-refractivity contribution in [2.75, 3.05) is 19.6 Å². The number of carbonyl (C=O) groups excluding carboxylic acids is 2. The SMILES string of the molecule is CC(C)(C)C[C@H](NC(=O)N1CCNC(=O)CC1)c1ccc(F)cc1. The highest BCUT2D eigenvalue weighted by molar-refractivity contribution is 5.79. The van der Waals surface area contributed by atoms with Crippen molar-refractivity contribution in [3.63, 3.8) is 0 Å². The average molecular weight is 335 g/mol. The van der Waals surface area contributed by atoms with Crippen LogP contribution >= 0.6 is 0 Å². The van der Waals surface area contributed by atoms with Crippen LogP contribution in [0.1, 0.15) is 45.2 Å². The number of hydrogen-bond acceptors (Lipinski definition) is 2. The summed E-state index contributed by atoms with van der Waals surface area (Å²) in [6.07, 6.45) is 1.04. The van der Waals surface area contributed by atoms with Crippen LogP contribution in [0.2, 0.25) is 0 Å². The van der Waals surface area contributed by atoms with E-state index in [1.807, 2.05) is 0 Å². The lowest BCUT2D eigenvalue weighted by Gasteiger charge is -2.30. The summed E-state index contributed by atoms with van der Waals surface area (Å²) < 4.78 is 13.2. The Morgan fingerprint density at radius 2 is 1.96 bits per heavy atom. The summed E-state index contributed by atoms with van der Waals surface area (Å²) in [6.45, 7) is 7.66. The summed E-state index contributed by atoms with van der Waals surface area (Å²) in [5.74, 6) is -0.327. The first-order chi connectivity index (χ1) is 11.2. The van der Waals surface area contributed by atoms with Gasteiger partial charge in [0, 0.05) is 26.1 Å². The molecule has 2 rings (SSSR count). The predicted molar refractivity (Wildman–Crippen MR) is 90.9 cm³/mol. The van der Waals surface area contributed by atoms with Crippen LogP contribution in [0.5, 0.6) is 0 Å². The van der Waals surface area contributed by atoms with E-state index in [1.165, 1.54) is 12.1 Å². The third-order valence-electron chi connectivity index (χ3n) is 3.99. The quantitative estimate of drug-likeness (QED) is 0.892. The van der Waals surface area contributed by atoms with Crippen molar-refractivity contribution in [2.45, 2.75) is 39.7 Å². The van der Waals surface area contributed by atoms with Crippen LogP contribution in [0.3, 0.4) is 0 Å². The number of amides is 3. The molecule has 6 heteroatoms. The van der Waals surface area contributed by atoms with Gasteiger partial charge in [-0.3, -0.25) is 4.79 Å². The number of rotatable bonds is 3. The molecule has 1 heterocycles. The van der Waals surface area contributed by atoms with Crippen molar-refractivity contribution in [1.29, 1.82) is 0 Å². The van der Waals surface area contributed by atoms with Gasteiger partial charge >= 0.3 is 6.03 Å². The lowest BCUT2D eigenvalue weighted by atomic mass is 9.85. The van der Waals surface area contributed by atoms with E-state index in [9.17, 15) is 14.0 Å². The number of nitrogens with one attached hydrogen (secondary N) is 2. The normalized spacial score (nSPS) is 17.0. The highest BCUT2D eigenvalue weighted by Gasteiger charge is 2.25. The molecule has 5 nitrogen and oxygen atoms in total. The van der Waals surface area contributed by atoms with Crippen LogP contribution in [-0.4, -0.2) is 36.5 Å². The molecule has 0 saturated carbocycles. The van der Waals surface area contributed by atoms with Crippen LogP contribution in [0.15, 0.2) is 24.3 Å². The third-order valence-corrected chi connectivity index (χ3v) is 3.99. The highest BCUT2D eigenvalue weighted by Crippen LogP contribution is 2.29. The first-order valence-electron chi connectivity index (χ1n) is 8.32. The predicted octanol–water partition coefficient (Wildman–Crippen LogP) is 2.83. The summed E-state index contributed by atoms with van der Waals surface area (Å²) in [5.41, 5.74) is 0.881. The van der Waals surface area contributed by atoms with Crippen molar-refractivity contribution in [3.05, 3.63) is 35.6 Å². The molecule has 1 fully saturated rings. The van der Waals surface area contributed by atoms with Gasteiger partial charge in [0.2, 0.25) is 5.91 Å². The first kappa shape index (κ1) is 18.2. The van der Waals surface area contributed by atoms with E-state index in [4.69, 9.17) is 0 Å². The van der Waals surface area contributed by atoms with Crippen LogP contribution in [0.25, 0.3) is 0 Å². The molecule has 1 aliphatic rings. The molecule has 1 aromatic carbocycles. The van der Waals surface area contributed by atoms with Crippen molar-refractivity contribution >= 4 is 11.9 Å². The Morgan fingerprint density at radius 1 is 1.29 bits per heavy atom. The second kappa shape index (κ2) is 7.64. The molecule has 0 bridgehead atoms. The zero-order chi connectivity index (χ0) is 17.7. The second-order valence-corrected chi connectivity index (χ2v) is 7.41. The van der Waals surface area contributed by atoms with Gasteiger partial charge in [0.25, 0.3) is 0 Å². The fourth-order valence-corrected chi connectivity index (χ4v) is 2.77. The minimum Gasteiger partial charge on any atom is -0.354 e. The molecule has 0 radical (unpaired) electrons. The number of benzene rings is 1. The van der Waals surface area contributed by atoms with E-state index in [2.05, 4.69) is 31.4 Å². The van der Waals surface area contributed by atoms with Crippen molar-refractivity contribution in [2.24, 2.45) is 5.41 Å². The number of nitrogens with zero attached hydrogens (tertiary/aromatic N) is 1. The highest BCUT2D eigenvalue weighted by atomic mass is 19.1. The molecular weight excluding hydrogens is 309 g/mol. The molecule has 0 unspecified atom stereocenters. The smallest absolute Gasteiger partial charge is 0.317 e. The topological polar surface area (TPSA) is 61.4 Å². The zero-order valence-corrected chi connectivity index (χ0v) is 14.6. The zero-order valence-electron chi connectivity index (χ0n) is 14.6. The Balaban J connectivity index is 2.10. The maximum absolute atomic E-state index is 13.2. The van der Waals surface area contributed by atoms with Gasteiger partial charge in [-0.2, -0.15) is 0 Å². The van der Waals surface area contributed by atoms with Gasteiger partial charge < -0.3 is 15.5 Å². The molecule has 1 aromatic rings. The number of carbonyl (C=O) groups is 2. The Bertz CT molecular complexity index is 581. The third kappa shape index (κ3) is 5.51. The molecule has 132 valence electrons. The molecule has 1 aliphatic heterocycles. The Kier molecular flexibility index (Phi) is 5.80. The van der Waals surface area contributed by atoms with Crippen LogP contribution in [0.4, 0.5) is 9.18 Å². The summed E-state index contributed by atoms with van der Waals surface area (Å²) in [4.78, 5) is 25.7. The molecule has 3 amide bonds. The van der Waals surface area contributed by atoms with Crippen LogP contribution < -0.4 is 10.6 Å². The molecule has 1 atom stereocenters. The molecule has 2 N–H and O–H groups in total. The lowest BCUT2D eigenvalue weighted by molar-refractivity contribution is -0.120. The van der Waals surface area contributed by atoms with Gasteiger partial charge in [0.15, 0.2) is 0 Å². The average Bonchev–Trinajstić information content (AvgIpc) is 2.70. The fourth-order valence-electron chi connectivity index (χ4n) is 2.77. The molecule has 0 spiro atoms. The monoisotopic (exact) mass is 335 g/mol. The van der Waals surface area contributed by atoms with Gasteiger partial charge in [-0.15, -0.1) is 0 Å². The van der Waals surface area contributed by atoms with Crippen molar-refractivity contribution in [1.82, 2.24) is 15.5 Å². The van der Waals surface area contributed by atoms with Crippen LogP contribution in [0, 0.1) is 11.2 Å². The minimum absolute atomic E-state index is 0.00262. The number of urea groups is 1. The van der Waals surface area contributed by atoms with Crippen LogP contribution in [-0.2, 0) is 4.79 Å². The van der Waals surface area contributed by atoms with Gasteiger partial charge in [-0.05, 0) is 29.5 Å². The number of halogens is 1. The van der Waals surface area contributed by atoms with E-state index in [-0.39, 0.29) is 29.2 Å². The molecule has 1 saturated heterocycles. The van der Waals surface area contributed by atoms with Gasteiger partial charge in [-0.1, -0.05) is 32.9 Å². The summed E-state index contributed by atoms with van der Waals surface area (Å²) in [6, 6.07) is 5.84. The maximum Gasteiger partial charge on any atom is 0.317 e. The molecule has 0 aromatic heterocycles. The lowest BCUT2D eigenvalue weighted by Crippen LogP contribution is -2.43. The van der Waals surface area contributed by atoms with E-state index >= 15 is 0 Å². The van der Waals surface area contributed by atoms with Gasteiger partial charge in [0.1, 0.15) is 5.82 Å².